The first kappa shape index (κ1) is 13.7. The molecule has 3 nitrogen and oxygen atoms in total. The van der Waals surface area contributed by atoms with Gasteiger partial charge in [-0.3, -0.25) is 4.79 Å². The molecule has 1 amide bonds. The Morgan fingerprint density at radius 2 is 2.00 bits per heavy atom. The summed E-state index contributed by atoms with van der Waals surface area (Å²) in [6, 6.07) is 15.2. The van der Waals surface area contributed by atoms with E-state index in [1.165, 1.54) is 0 Å². The van der Waals surface area contributed by atoms with Crippen LogP contribution in [0.1, 0.15) is 11.1 Å². The third kappa shape index (κ3) is 3.26. The molecule has 0 radical (unpaired) electrons. The maximum Gasteiger partial charge on any atom is 0.250 e. The number of hydrogen-bond donors (Lipinski definition) is 1. The molecule has 3 rings (SSSR count). The minimum atomic E-state index is -0.121. The first-order chi connectivity index (χ1) is 10.2. The van der Waals surface area contributed by atoms with E-state index < -0.39 is 0 Å². The Hall–Kier alpha value is -2.26. The fourth-order valence-corrected chi connectivity index (χ4v) is 2.35. The number of benzene rings is 2. The Bertz CT molecular complexity index is 695. The van der Waals surface area contributed by atoms with Crippen molar-refractivity contribution in [1.82, 2.24) is 5.32 Å². The van der Waals surface area contributed by atoms with Gasteiger partial charge in [0, 0.05) is 17.1 Å². The number of hydrogen-bond acceptors (Lipinski definition) is 2. The molecule has 0 bridgehead atoms. The van der Waals surface area contributed by atoms with Crippen LogP contribution in [0, 0.1) is 0 Å². The highest BCUT2D eigenvalue weighted by Gasteiger charge is 2.17. The van der Waals surface area contributed by atoms with Crippen LogP contribution in [0.4, 0.5) is 0 Å². The van der Waals surface area contributed by atoms with E-state index in [0.717, 1.165) is 16.9 Å². The fraction of sp³-hybridized carbons (Fsp3) is 0.118. The molecule has 1 heterocycles. The second kappa shape index (κ2) is 6.02. The van der Waals surface area contributed by atoms with E-state index in [2.05, 4.69) is 5.32 Å². The molecular weight excluding hydrogens is 286 g/mol. The Morgan fingerprint density at radius 3 is 2.81 bits per heavy atom. The molecule has 1 aliphatic rings. The zero-order valence-corrected chi connectivity index (χ0v) is 12.1. The molecule has 21 heavy (non-hydrogen) atoms. The van der Waals surface area contributed by atoms with Gasteiger partial charge in [-0.05, 0) is 29.8 Å². The van der Waals surface area contributed by atoms with Crippen LogP contribution >= 0.6 is 11.6 Å². The second-order valence-electron chi connectivity index (χ2n) is 4.81. The number of fused-ring (bicyclic) bond motifs is 1. The SMILES string of the molecule is O=C(NCc1ccccc1)C1=Cc2cc(Cl)ccc2OC1. The summed E-state index contributed by atoms with van der Waals surface area (Å²) in [5.41, 5.74) is 2.49. The van der Waals surface area contributed by atoms with Gasteiger partial charge in [0.1, 0.15) is 12.4 Å². The smallest absolute Gasteiger partial charge is 0.250 e. The van der Waals surface area contributed by atoms with E-state index in [1.807, 2.05) is 42.5 Å². The van der Waals surface area contributed by atoms with Gasteiger partial charge in [0.05, 0.1) is 5.57 Å². The van der Waals surface area contributed by atoms with E-state index in [0.29, 0.717) is 17.1 Å². The van der Waals surface area contributed by atoms with Crippen LogP contribution in [0.2, 0.25) is 5.02 Å². The van der Waals surface area contributed by atoms with Crippen LogP contribution in [-0.2, 0) is 11.3 Å². The van der Waals surface area contributed by atoms with Gasteiger partial charge in [-0.1, -0.05) is 41.9 Å². The molecule has 106 valence electrons. The van der Waals surface area contributed by atoms with Gasteiger partial charge >= 0.3 is 0 Å². The van der Waals surface area contributed by atoms with Crippen molar-refractivity contribution in [3.63, 3.8) is 0 Å². The number of nitrogens with one attached hydrogen (secondary N) is 1. The Labute approximate surface area is 128 Å². The molecular formula is C17H14ClNO2. The predicted octanol–water partition coefficient (Wildman–Crippen LogP) is 3.43. The number of rotatable bonds is 3. The lowest BCUT2D eigenvalue weighted by Crippen LogP contribution is -2.28. The number of carbonyl (C=O) groups excluding carboxylic acids is 1. The summed E-state index contributed by atoms with van der Waals surface area (Å²) in [5.74, 6) is 0.628. The van der Waals surface area contributed by atoms with E-state index in [1.54, 1.807) is 12.1 Å². The summed E-state index contributed by atoms with van der Waals surface area (Å²) in [6.45, 7) is 0.772. The summed E-state index contributed by atoms with van der Waals surface area (Å²) >= 11 is 5.96. The van der Waals surface area contributed by atoms with E-state index in [-0.39, 0.29) is 12.5 Å². The highest BCUT2D eigenvalue weighted by Crippen LogP contribution is 2.28. The van der Waals surface area contributed by atoms with Crippen LogP contribution in [0.3, 0.4) is 0 Å². The van der Waals surface area contributed by atoms with Gasteiger partial charge in [-0.25, -0.2) is 0 Å². The normalized spacial score (nSPS) is 12.9. The quantitative estimate of drug-likeness (QED) is 0.943. The molecule has 2 aromatic carbocycles. The first-order valence-electron chi connectivity index (χ1n) is 6.67. The largest absolute Gasteiger partial charge is 0.488 e. The molecule has 0 aliphatic carbocycles. The monoisotopic (exact) mass is 299 g/mol. The minimum absolute atomic E-state index is 0.121. The Kier molecular flexibility index (Phi) is 3.93. The van der Waals surface area contributed by atoms with Crippen LogP contribution in [0.25, 0.3) is 6.08 Å². The van der Waals surface area contributed by atoms with Gasteiger partial charge in [0.25, 0.3) is 5.91 Å². The Balaban J connectivity index is 1.71. The molecule has 0 fully saturated rings. The summed E-state index contributed by atoms with van der Waals surface area (Å²) in [4.78, 5) is 12.2. The average Bonchev–Trinajstić information content (AvgIpc) is 2.53. The van der Waals surface area contributed by atoms with E-state index in [4.69, 9.17) is 16.3 Å². The molecule has 0 atom stereocenters. The van der Waals surface area contributed by atoms with Crippen molar-refractivity contribution in [2.45, 2.75) is 6.54 Å². The molecule has 4 heteroatoms. The summed E-state index contributed by atoms with van der Waals surface area (Å²) in [6.07, 6.45) is 1.82. The lowest BCUT2D eigenvalue weighted by Gasteiger charge is -2.17. The van der Waals surface area contributed by atoms with Crippen molar-refractivity contribution >= 4 is 23.6 Å². The Morgan fingerprint density at radius 1 is 1.19 bits per heavy atom. The van der Waals surface area contributed by atoms with Crippen molar-refractivity contribution in [3.8, 4) is 5.75 Å². The van der Waals surface area contributed by atoms with Crippen molar-refractivity contribution in [2.24, 2.45) is 0 Å². The summed E-state index contributed by atoms with van der Waals surface area (Å²) < 4.78 is 5.58. The molecule has 0 saturated carbocycles. The summed E-state index contributed by atoms with van der Waals surface area (Å²) in [7, 11) is 0. The third-order valence-electron chi connectivity index (χ3n) is 3.27. The fourth-order valence-electron chi connectivity index (χ4n) is 2.17. The molecule has 0 aromatic heterocycles. The highest BCUT2D eigenvalue weighted by atomic mass is 35.5. The second-order valence-corrected chi connectivity index (χ2v) is 5.25. The zero-order valence-electron chi connectivity index (χ0n) is 11.3. The lowest BCUT2D eigenvalue weighted by atomic mass is 10.1. The van der Waals surface area contributed by atoms with Gasteiger partial charge in [0.2, 0.25) is 0 Å². The van der Waals surface area contributed by atoms with Crippen molar-refractivity contribution < 1.29 is 9.53 Å². The molecule has 0 saturated heterocycles. The molecule has 1 N–H and O–H groups in total. The molecule has 0 spiro atoms. The highest BCUT2D eigenvalue weighted by molar-refractivity contribution is 6.30. The minimum Gasteiger partial charge on any atom is -0.488 e. The number of halogens is 1. The van der Waals surface area contributed by atoms with Gasteiger partial charge in [-0.15, -0.1) is 0 Å². The average molecular weight is 300 g/mol. The van der Waals surface area contributed by atoms with Gasteiger partial charge in [-0.2, -0.15) is 0 Å². The number of ether oxygens (including phenoxy) is 1. The van der Waals surface area contributed by atoms with Crippen LogP contribution in [0.15, 0.2) is 54.1 Å². The van der Waals surface area contributed by atoms with Crippen LogP contribution in [-0.4, -0.2) is 12.5 Å². The third-order valence-corrected chi connectivity index (χ3v) is 3.51. The lowest BCUT2D eigenvalue weighted by molar-refractivity contribution is -0.117. The zero-order chi connectivity index (χ0) is 14.7. The standard InChI is InChI=1S/C17H14ClNO2/c18-15-6-7-16-13(9-15)8-14(11-21-16)17(20)19-10-12-4-2-1-3-5-12/h1-9H,10-11H2,(H,19,20). The first-order valence-corrected chi connectivity index (χ1v) is 7.05. The predicted molar refractivity (Wildman–Crippen MR) is 83.2 cm³/mol. The molecule has 0 unspecified atom stereocenters. The van der Waals surface area contributed by atoms with Crippen LogP contribution < -0.4 is 10.1 Å². The topological polar surface area (TPSA) is 38.3 Å². The summed E-state index contributed by atoms with van der Waals surface area (Å²) in [5, 5.41) is 3.52. The van der Waals surface area contributed by atoms with Gasteiger partial charge < -0.3 is 10.1 Å². The van der Waals surface area contributed by atoms with E-state index >= 15 is 0 Å². The van der Waals surface area contributed by atoms with Gasteiger partial charge in [0.15, 0.2) is 0 Å². The number of carbonyl (C=O) groups is 1. The van der Waals surface area contributed by atoms with E-state index in [9.17, 15) is 4.79 Å². The van der Waals surface area contributed by atoms with Crippen molar-refractivity contribution in [2.75, 3.05) is 6.61 Å². The molecule has 2 aromatic rings. The maximum absolute atomic E-state index is 12.2. The molecule has 1 aliphatic heterocycles. The van der Waals surface area contributed by atoms with Crippen molar-refractivity contribution in [3.05, 3.63) is 70.3 Å². The maximum atomic E-state index is 12.2. The van der Waals surface area contributed by atoms with Crippen molar-refractivity contribution in [1.29, 1.82) is 0 Å². The number of amides is 1. The van der Waals surface area contributed by atoms with Crippen LogP contribution in [0.5, 0.6) is 5.75 Å².